The monoisotopic (exact) mass is 680 g/mol. The minimum Gasteiger partial charge on any atom is -0.493 e. The molecule has 0 atom stereocenters. The molecule has 5 rings (SSSR count). The number of anilines is 1. The summed E-state index contributed by atoms with van der Waals surface area (Å²) in [5, 5.41) is 3.44. The first-order valence-corrected chi connectivity index (χ1v) is 14.4. The smallest absolute Gasteiger partial charge is 0.335 e. The van der Waals surface area contributed by atoms with Gasteiger partial charge in [0.1, 0.15) is 24.5 Å². The Morgan fingerprint density at radius 2 is 1.60 bits per heavy atom. The summed E-state index contributed by atoms with van der Waals surface area (Å²) < 4.78 is 17.8. The quantitative estimate of drug-likeness (QED) is 0.145. The summed E-state index contributed by atoms with van der Waals surface area (Å²) >= 11 is 15.6. The molecule has 8 nitrogen and oxygen atoms in total. The molecule has 1 fully saturated rings. The van der Waals surface area contributed by atoms with Crippen molar-refractivity contribution in [2.24, 2.45) is 0 Å². The Morgan fingerprint density at radius 1 is 0.884 bits per heavy atom. The summed E-state index contributed by atoms with van der Waals surface area (Å²) in [6.45, 7) is 0.502. The molecule has 1 aliphatic rings. The summed E-state index contributed by atoms with van der Waals surface area (Å²) in [6.07, 6.45) is 1.38. The van der Waals surface area contributed by atoms with Gasteiger partial charge in [-0.2, -0.15) is 0 Å². The molecular formula is C32H23BrCl2N2O6. The van der Waals surface area contributed by atoms with Gasteiger partial charge in [0.25, 0.3) is 11.8 Å². The van der Waals surface area contributed by atoms with Crippen LogP contribution in [0.3, 0.4) is 0 Å². The summed E-state index contributed by atoms with van der Waals surface area (Å²) in [6, 6.07) is 23.4. The van der Waals surface area contributed by atoms with E-state index in [4.69, 9.17) is 37.4 Å². The van der Waals surface area contributed by atoms with Gasteiger partial charge in [0.15, 0.2) is 11.5 Å². The van der Waals surface area contributed by atoms with Crippen molar-refractivity contribution in [3.8, 4) is 17.2 Å². The number of methoxy groups -OCH3 is 1. The Morgan fingerprint density at radius 3 is 2.30 bits per heavy atom. The molecule has 0 spiro atoms. The van der Waals surface area contributed by atoms with E-state index in [-0.39, 0.29) is 24.5 Å². The van der Waals surface area contributed by atoms with E-state index < -0.39 is 17.8 Å². The SMILES string of the molecule is COc1cc(/C=C2\C(=O)NC(=O)N(c3ccc(OCc4ccccc4Cl)cc3)C2=O)cc(Br)c1OCc1ccc(Cl)cc1. The number of rotatable bonds is 9. The van der Waals surface area contributed by atoms with Gasteiger partial charge in [0, 0.05) is 15.6 Å². The number of carbonyl (C=O) groups excluding carboxylic acids is 3. The number of imide groups is 2. The van der Waals surface area contributed by atoms with Crippen molar-refractivity contribution < 1.29 is 28.6 Å². The lowest BCUT2D eigenvalue weighted by atomic mass is 10.1. The van der Waals surface area contributed by atoms with Crippen LogP contribution < -0.4 is 24.4 Å². The lowest BCUT2D eigenvalue weighted by Crippen LogP contribution is -2.54. The second-order valence-corrected chi connectivity index (χ2v) is 11.0. The molecule has 0 saturated carbocycles. The molecule has 0 aromatic heterocycles. The van der Waals surface area contributed by atoms with E-state index in [2.05, 4.69) is 21.2 Å². The van der Waals surface area contributed by atoms with Crippen LogP contribution in [0.1, 0.15) is 16.7 Å². The van der Waals surface area contributed by atoms with Crippen LogP contribution in [0.25, 0.3) is 6.08 Å². The van der Waals surface area contributed by atoms with Crippen molar-refractivity contribution in [1.29, 1.82) is 0 Å². The molecule has 11 heteroatoms. The fourth-order valence-electron chi connectivity index (χ4n) is 4.23. The molecule has 4 amide bonds. The Kier molecular flexibility index (Phi) is 9.35. The summed E-state index contributed by atoms with van der Waals surface area (Å²) in [7, 11) is 1.48. The minimum atomic E-state index is -0.860. The van der Waals surface area contributed by atoms with Crippen molar-refractivity contribution in [2.45, 2.75) is 13.2 Å². The Balaban J connectivity index is 1.34. The topological polar surface area (TPSA) is 94.2 Å². The Bertz CT molecular complexity index is 1730. The zero-order valence-electron chi connectivity index (χ0n) is 22.6. The molecule has 1 N–H and O–H groups in total. The number of urea groups is 1. The number of nitrogens with zero attached hydrogens (tertiary/aromatic N) is 1. The number of benzene rings is 4. The number of hydrogen-bond donors (Lipinski definition) is 1. The predicted octanol–water partition coefficient (Wildman–Crippen LogP) is 7.59. The number of amides is 4. The molecule has 0 unspecified atom stereocenters. The van der Waals surface area contributed by atoms with Gasteiger partial charge in [-0.1, -0.05) is 53.5 Å². The highest BCUT2D eigenvalue weighted by molar-refractivity contribution is 9.10. The number of ether oxygens (including phenoxy) is 3. The fourth-order valence-corrected chi connectivity index (χ4v) is 5.12. The van der Waals surface area contributed by atoms with Crippen LogP contribution in [0.15, 0.2) is 95.0 Å². The summed E-state index contributed by atoms with van der Waals surface area (Å²) in [4.78, 5) is 39.8. The highest BCUT2D eigenvalue weighted by atomic mass is 79.9. The van der Waals surface area contributed by atoms with Gasteiger partial charge in [0.05, 0.1) is 17.3 Å². The number of carbonyl (C=O) groups is 3. The Labute approximate surface area is 265 Å². The molecule has 1 heterocycles. The maximum absolute atomic E-state index is 13.4. The van der Waals surface area contributed by atoms with Crippen molar-refractivity contribution in [1.82, 2.24) is 5.32 Å². The van der Waals surface area contributed by atoms with E-state index >= 15 is 0 Å². The molecule has 4 aromatic rings. The third-order valence-corrected chi connectivity index (χ3v) is 7.62. The maximum Gasteiger partial charge on any atom is 0.335 e. The van der Waals surface area contributed by atoms with Crippen molar-refractivity contribution in [2.75, 3.05) is 12.0 Å². The second kappa shape index (κ2) is 13.3. The number of nitrogens with one attached hydrogen (secondary N) is 1. The normalized spacial score (nSPS) is 14.1. The summed E-state index contributed by atoms with van der Waals surface area (Å²) in [5.41, 5.74) is 2.22. The van der Waals surface area contributed by atoms with Crippen molar-refractivity contribution in [3.63, 3.8) is 0 Å². The minimum absolute atomic E-state index is 0.234. The van der Waals surface area contributed by atoms with Gasteiger partial charge < -0.3 is 14.2 Å². The highest BCUT2D eigenvalue weighted by Gasteiger charge is 2.37. The molecule has 43 heavy (non-hydrogen) atoms. The van der Waals surface area contributed by atoms with E-state index in [0.29, 0.717) is 37.3 Å². The molecule has 0 bridgehead atoms. The zero-order chi connectivity index (χ0) is 30.5. The van der Waals surface area contributed by atoms with E-state index in [9.17, 15) is 14.4 Å². The molecule has 0 radical (unpaired) electrons. The molecule has 0 aliphatic carbocycles. The maximum atomic E-state index is 13.4. The number of hydrogen-bond acceptors (Lipinski definition) is 6. The zero-order valence-corrected chi connectivity index (χ0v) is 25.7. The summed E-state index contributed by atoms with van der Waals surface area (Å²) in [5.74, 6) is -0.275. The largest absolute Gasteiger partial charge is 0.493 e. The molecule has 4 aromatic carbocycles. The first kappa shape index (κ1) is 30.2. The van der Waals surface area contributed by atoms with E-state index in [1.54, 1.807) is 54.6 Å². The lowest BCUT2D eigenvalue weighted by Gasteiger charge is -2.26. The van der Waals surface area contributed by atoms with Crippen LogP contribution in [-0.4, -0.2) is 25.0 Å². The second-order valence-electron chi connectivity index (χ2n) is 9.28. The van der Waals surface area contributed by atoms with Gasteiger partial charge in [-0.25, -0.2) is 9.69 Å². The Hall–Kier alpha value is -4.31. The van der Waals surface area contributed by atoms with Gasteiger partial charge in [0.2, 0.25) is 0 Å². The lowest BCUT2D eigenvalue weighted by molar-refractivity contribution is -0.122. The molecule has 218 valence electrons. The van der Waals surface area contributed by atoms with Crippen LogP contribution in [-0.2, 0) is 22.8 Å². The molecule has 1 saturated heterocycles. The third kappa shape index (κ3) is 7.02. The van der Waals surface area contributed by atoms with Gasteiger partial charge >= 0.3 is 6.03 Å². The molecule has 1 aliphatic heterocycles. The van der Waals surface area contributed by atoms with Crippen molar-refractivity contribution >= 4 is 68.7 Å². The number of halogens is 3. The third-order valence-electron chi connectivity index (χ3n) is 6.41. The van der Waals surface area contributed by atoms with Crippen LogP contribution in [0.5, 0.6) is 17.2 Å². The van der Waals surface area contributed by atoms with Gasteiger partial charge in [-0.05, 0) is 87.7 Å². The van der Waals surface area contributed by atoms with Crippen LogP contribution >= 0.6 is 39.1 Å². The van der Waals surface area contributed by atoms with Gasteiger partial charge in [-0.3, -0.25) is 14.9 Å². The number of barbiturate groups is 1. The highest BCUT2D eigenvalue weighted by Crippen LogP contribution is 2.38. The van der Waals surface area contributed by atoms with E-state index in [0.717, 1.165) is 16.0 Å². The van der Waals surface area contributed by atoms with Crippen molar-refractivity contribution in [3.05, 3.63) is 122 Å². The first-order valence-electron chi connectivity index (χ1n) is 12.9. The van der Waals surface area contributed by atoms with Gasteiger partial charge in [-0.15, -0.1) is 0 Å². The van der Waals surface area contributed by atoms with E-state index in [1.165, 1.54) is 13.2 Å². The standard InChI is InChI=1S/C32H23BrCl2N2O6/c1-41-28-16-20(15-26(33)29(28)43-17-19-6-8-22(34)9-7-19)14-25-30(38)36-32(40)37(31(25)39)23-10-12-24(13-11-23)42-18-21-4-2-3-5-27(21)35/h2-16H,17-18H2,1H3,(H,36,38,40)/b25-14+. The average Bonchev–Trinajstić information content (AvgIpc) is 2.99. The van der Waals surface area contributed by atoms with E-state index in [1.807, 2.05) is 30.3 Å². The van der Waals surface area contributed by atoms with Crippen LogP contribution in [0.2, 0.25) is 10.0 Å². The molecular weight excluding hydrogens is 659 g/mol. The first-order chi connectivity index (χ1) is 20.7. The van der Waals surface area contributed by atoms with Crippen LogP contribution in [0, 0.1) is 0 Å². The average molecular weight is 682 g/mol. The predicted molar refractivity (Wildman–Crippen MR) is 168 cm³/mol. The fraction of sp³-hybridized carbons (Fsp3) is 0.0938. The van der Waals surface area contributed by atoms with Crippen LogP contribution in [0.4, 0.5) is 10.5 Å².